The lowest BCUT2D eigenvalue weighted by molar-refractivity contribution is -0.142. The molecule has 0 unspecified atom stereocenters. The number of fused-ring (bicyclic) bond motifs is 1. The minimum Gasteiger partial charge on any atom is -0.313 e. The van der Waals surface area contributed by atoms with Crippen LogP contribution in [0.2, 0.25) is 0 Å². The van der Waals surface area contributed by atoms with Gasteiger partial charge in [-0.2, -0.15) is 0 Å². The molecule has 0 aromatic rings. The molecule has 5 nitrogen and oxygen atoms in total. The minimum absolute atomic E-state index is 0.00391. The van der Waals surface area contributed by atoms with E-state index in [1.165, 1.54) is 13.8 Å². The molecule has 0 bridgehead atoms. The SMILES string of the molecule is CC1(C)[C@H]([C]=O)N2C(=O)C[C@H]2S1(=O)=O. The number of rotatable bonds is 1. The van der Waals surface area contributed by atoms with Crippen LogP contribution in [0.4, 0.5) is 0 Å². The van der Waals surface area contributed by atoms with Crippen molar-refractivity contribution in [2.24, 2.45) is 0 Å². The molecule has 2 rings (SSSR count). The van der Waals surface area contributed by atoms with Gasteiger partial charge in [0.05, 0.1) is 11.2 Å². The van der Waals surface area contributed by atoms with E-state index in [0.717, 1.165) is 4.90 Å². The number of sulfone groups is 1. The highest BCUT2D eigenvalue weighted by Gasteiger charge is 2.65. The van der Waals surface area contributed by atoms with E-state index in [-0.39, 0.29) is 12.3 Å². The second-order valence-corrected chi connectivity index (χ2v) is 6.81. The van der Waals surface area contributed by atoms with Gasteiger partial charge in [0.2, 0.25) is 12.2 Å². The molecule has 6 heteroatoms. The average molecular weight is 216 g/mol. The fourth-order valence-corrected chi connectivity index (χ4v) is 4.09. The molecular formula is C8H10NO4S. The molecule has 0 aromatic carbocycles. The molecule has 2 saturated heterocycles. The maximum absolute atomic E-state index is 11.8. The van der Waals surface area contributed by atoms with Gasteiger partial charge in [-0.1, -0.05) is 0 Å². The molecule has 14 heavy (non-hydrogen) atoms. The second kappa shape index (κ2) is 2.36. The fraction of sp³-hybridized carbons (Fsp3) is 0.750. The van der Waals surface area contributed by atoms with Gasteiger partial charge in [0.1, 0.15) is 11.4 Å². The Balaban J connectivity index is 2.56. The lowest BCUT2D eigenvalue weighted by atomic mass is 10.00. The number of β-lactam (4-membered cyclic amide) rings is 1. The predicted octanol–water partition coefficient (Wildman–Crippen LogP) is -0.770. The highest BCUT2D eigenvalue weighted by molar-refractivity contribution is 7.93. The van der Waals surface area contributed by atoms with Crippen LogP contribution in [0.25, 0.3) is 0 Å². The molecule has 0 aliphatic carbocycles. The summed E-state index contributed by atoms with van der Waals surface area (Å²) < 4.78 is 22.4. The summed E-state index contributed by atoms with van der Waals surface area (Å²) in [6.45, 7) is 2.92. The minimum atomic E-state index is -3.42. The molecule has 2 heterocycles. The van der Waals surface area contributed by atoms with Gasteiger partial charge in [-0.25, -0.2) is 8.42 Å². The van der Waals surface area contributed by atoms with Crippen molar-refractivity contribution in [2.45, 2.75) is 36.4 Å². The third kappa shape index (κ3) is 0.778. The van der Waals surface area contributed by atoms with Gasteiger partial charge in [-0.05, 0) is 13.8 Å². The van der Waals surface area contributed by atoms with Crippen molar-refractivity contribution in [2.75, 3.05) is 0 Å². The van der Waals surface area contributed by atoms with Crippen molar-refractivity contribution in [3.8, 4) is 0 Å². The van der Waals surface area contributed by atoms with Crippen molar-refractivity contribution in [3.05, 3.63) is 0 Å². The normalized spacial score (nSPS) is 37.6. The van der Waals surface area contributed by atoms with Crippen LogP contribution >= 0.6 is 0 Å². The largest absolute Gasteiger partial charge is 0.313 e. The van der Waals surface area contributed by atoms with Crippen LogP contribution in [0.1, 0.15) is 20.3 Å². The Morgan fingerprint density at radius 3 is 2.43 bits per heavy atom. The first-order valence-electron chi connectivity index (χ1n) is 4.26. The van der Waals surface area contributed by atoms with E-state index in [1.807, 2.05) is 0 Å². The summed E-state index contributed by atoms with van der Waals surface area (Å²) in [6, 6.07) is -0.946. The second-order valence-electron chi connectivity index (χ2n) is 4.13. The fourth-order valence-electron chi connectivity index (χ4n) is 2.01. The molecule has 1 radical (unpaired) electrons. The number of amides is 1. The molecule has 0 spiro atoms. The maximum atomic E-state index is 11.8. The predicted molar refractivity (Wildman–Crippen MR) is 47.7 cm³/mol. The average Bonchev–Trinajstić information content (AvgIpc) is 2.19. The van der Waals surface area contributed by atoms with Gasteiger partial charge >= 0.3 is 0 Å². The molecule has 2 atom stereocenters. The van der Waals surface area contributed by atoms with Crippen LogP contribution < -0.4 is 0 Å². The van der Waals surface area contributed by atoms with Crippen LogP contribution in [0, 0.1) is 0 Å². The third-order valence-electron chi connectivity index (χ3n) is 3.09. The monoisotopic (exact) mass is 216 g/mol. The molecule has 2 fully saturated rings. The molecular weight excluding hydrogens is 206 g/mol. The van der Waals surface area contributed by atoms with Crippen LogP contribution in [0.3, 0.4) is 0 Å². The summed E-state index contributed by atoms with van der Waals surface area (Å²) in [5.74, 6) is -0.280. The number of hydrogen-bond donors (Lipinski definition) is 0. The van der Waals surface area contributed by atoms with Gasteiger partial charge < -0.3 is 4.90 Å². The maximum Gasteiger partial charge on any atom is 0.227 e. The van der Waals surface area contributed by atoms with Crippen molar-refractivity contribution < 1.29 is 18.0 Å². The third-order valence-corrected chi connectivity index (χ3v) is 5.89. The molecule has 0 N–H and O–H groups in total. The van der Waals surface area contributed by atoms with Crippen LogP contribution in [-0.4, -0.2) is 41.7 Å². The van der Waals surface area contributed by atoms with Gasteiger partial charge in [-0.15, -0.1) is 0 Å². The van der Waals surface area contributed by atoms with E-state index >= 15 is 0 Å². The van der Waals surface area contributed by atoms with Crippen LogP contribution in [0.5, 0.6) is 0 Å². The molecule has 1 amide bonds. The molecule has 2 aliphatic heterocycles. The highest BCUT2D eigenvalue weighted by Crippen LogP contribution is 2.44. The lowest BCUT2D eigenvalue weighted by Crippen LogP contribution is -2.54. The summed E-state index contributed by atoms with van der Waals surface area (Å²) in [7, 11) is -3.42. The summed E-state index contributed by atoms with van der Waals surface area (Å²) >= 11 is 0. The van der Waals surface area contributed by atoms with Crippen molar-refractivity contribution in [1.82, 2.24) is 4.90 Å². The van der Waals surface area contributed by atoms with Gasteiger partial charge in [0, 0.05) is 0 Å². The zero-order valence-electron chi connectivity index (χ0n) is 7.85. The Bertz CT molecular complexity index is 411. The Labute approximate surface area is 82.0 Å². The van der Waals surface area contributed by atoms with Crippen molar-refractivity contribution >= 4 is 22.0 Å². The number of carbonyl (C=O) groups excluding carboxylic acids is 2. The van der Waals surface area contributed by atoms with E-state index in [4.69, 9.17) is 0 Å². The Hall–Kier alpha value is -0.910. The van der Waals surface area contributed by atoms with Gasteiger partial charge in [-0.3, -0.25) is 9.59 Å². The molecule has 0 saturated carbocycles. The highest BCUT2D eigenvalue weighted by atomic mass is 32.2. The van der Waals surface area contributed by atoms with Crippen molar-refractivity contribution in [1.29, 1.82) is 0 Å². The molecule has 0 aromatic heterocycles. The summed E-state index contributed by atoms with van der Waals surface area (Å²) in [5.41, 5.74) is 0. The van der Waals surface area contributed by atoms with Gasteiger partial charge in [0.15, 0.2) is 9.84 Å². The van der Waals surface area contributed by atoms with E-state index in [0.29, 0.717) is 0 Å². The van der Waals surface area contributed by atoms with Crippen LogP contribution in [-0.2, 0) is 19.4 Å². The first-order valence-corrected chi connectivity index (χ1v) is 5.81. The Kier molecular flexibility index (Phi) is 1.63. The zero-order chi connectivity index (χ0) is 10.7. The molecule has 2 aliphatic rings. The van der Waals surface area contributed by atoms with E-state index in [9.17, 15) is 18.0 Å². The van der Waals surface area contributed by atoms with Crippen molar-refractivity contribution in [3.63, 3.8) is 0 Å². The summed E-state index contributed by atoms with van der Waals surface area (Å²) in [5, 5.41) is -0.795. The Morgan fingerprint density at radius 1 is 1.50 bits per heavy atom. The van der Waals surface area contributed by atoms with E-state index < -0.39 is 26.0 Å². The van der Waals surface area contributed by atoms with Crippen LogP contribution in [0.15, 0.2) is 0 Å². The number of hydrogen-bond acceptors (Lipinski definition) is 4. The summed E-state index contributed by atoms with van der Waals surface area (Å²) in [4.78, 5) is 22.9. The standard InChI is InChI=1S/C8H10NO4S/c1-8(2)5(4-10)9-6(11)3-7(9)14(8,12)13/h5,7H,3H2,1-2H3/t5-,7+/m0/s1. The number of carbonyl (C=O) groups is 1. The van der Waals surface area contributed by atoms with E-state index in [1.54, 1.807) is 6.29 Å². The summed E-state index contributed by atoms with van der Waals surface area (Å²) in [6.07, 6.45) is 1.65. The zero-order valence-corrected chi connectivity index (χ0v) is 8.67. The molecule has 77 valence electrons. The Morgan fingerprint density at radius 2 is 2.07 bits per heavy atom. The smallest absolute Gasteiger partial charge is 0.227 e. The first-order chi connectivity index (χ1) is 6.34. The lowest BCUT2D eigenvalue weighted by Gasteiger charge is -2.34. The van der Waals surface area contributed by atoms with E-state index in [2.05, 4.69) is 0 Å². The topological polar surface area (TPSA) is 71.5 Å². The quantitative estimate of drug-likeness (QED) is 0.540. The number of nitrogens with zero attached hydrogens (tertiary/aromatic N) is 1. The van der Waals surface area contributed by atoms with Gasteiger partial charge in [0.25, 0.3) is 0 Å². The first kappa shape index (κ1) is 9.64.